The van der Waals surface area contributed by atoms with Crippen LogP contribution in [-0.4, -0.2) is 44.2 Å². The average Bonchev–Trinajstić information content (AvgIpc) is 2.43. The molecule has 3 heteroatoms. The van der Waals surface area contributed by atoms with E-state index in [-0.39, 0.29) is 11.6 Å². The summed E-state index contributed by atoms with van der Waals surface area (Å²) in [6.45, 7) is 11.4. The van der Waals surface area contributed by atoms with Crippen molar-refractivity contribution in [2.45, 2.75) is 39.3 Å². The first-order valence-corrected chi connectivity index (χ1v) is 7.87. The van der Waals surface area contributed by atoms with Crippen LogP contribution in [0.4, 0.5) is 0 Å². The fraction of sp³-hybridized carbons (Fsp3) is 0.667. The van der Waals surface area contributed by atoms with Gasteiger partial charge in [-0.1, -0.05) is 44.2 Å². The van der Waals surface area contributed by atoms with Gasteiger partial charge >= 0.3 is 0 Å². The van der Waals surface area contributed by atoms with E-state index in [1.165, 1.54) is 5.56 Å². The van der Waals surface area contributed by atoms with Gasteiger partial charge in [0.1, 0.15) is 0 Å². The molecular weight excluding hydrogens is 260 g/mol. The fourth-order valence-electron chi connectivity index (χ4n) is 1.88. The van der Waals surface area contributed by atoms with E-state index in [1.54, 1.807) is 0 Å². The third-order valence-electron chi connectivity index (χ3n) is 3.90. The molecule has 0 saturated carbocycles. The maximum absolute atomic E-state index is 6.23. The fourth-order valence-corrected chi connectivity index (χ4v) is 1.88. The van der Waals surface area contributed by atoms with Crippen LogP contribution in [0.2, 0.25) is 0 Å². The Hall–Kier alpha value is -0.900. The Morgan fingerprint density at radius 1 is 1.10 bits per heavy atom. The number of nitrogens with one attached hydrogen (secondary N) is 1. The molecule has 0 bridgehead atoms. The Morgan fingerprint density at radius 2 is 1.71 bits per heavy atom. The molecule has 1 unspecified atom stereocenters. The topological polar surface area (TPSA) is 24.5 Å². The van der Waals surface area contributed by atoms with Crippen LogP contribution in [0.1, 0.15) is 39.4 Å². The molecule has 0 heterocycles. The highest BCUT2D eigenvalue weighted by molar-refractivity contribution is 5.18. The Labute approximate surface area is 130 Å². The highest BCUT2D eigenvalue weighted by Crippen LogP contribution is 2.20. The molecule has 3 nitrogen and oxygen atoms in total. The summed E-state index contributed by atoms with van der Waals surface area (Å²) in [5, 5.41) is 3.51. The van der Waals surface area contributed by atoms with Crippen molar-refractivity contribution in [3.05, 3.63) is 35.9 Å². The molecule has 21 heavy (non-hydrogen) atoms. The first kappa shape index (κ1) is 18.1. The van der Waals surface area contributed by atoms with Gasteiger partial charge in [-0.3, -0.25) is 0 Å². The lowest BCUT2D eigenvalue weighted by atomic mass is 10.1. The summed E-state index contributed by atoms with van der Waals surface area (Å²) < 4.78 is 6.23. The predicted octanol–water partition coefficient (Wildman–Crippen LogP) is 3.33. The van der Waals surface area contributed by atoms with Gasteiger partial charge in [0.25, 0.3) is 0 Å². The third-order valence-corrected chi connectivity index (χ3v) is 3.90. The average molecular weight is 292 g/mol. The van der Waals surface area contributed by atoms with Gasteiger partial charge in [0, 0.05) is 12.1 Å². The van der Waals surface area contributed by atoms with Crippen LogP contribution < -0.4 is 5.32 Å². The molecule has 0 aliphatic heterocycles. The summed E-state index contributed by atoms with van der Waals surface area (Å²) in [5.41, 5.74) is 1.27. The van der Waals surface area contributed by atoms with E-state index in [2.05, 4.69) is 76.3 Å². The number of ether oxygens (including phenoxy) is 1. The quantitative estimate of drug-likeness (QED) is 0.755. The van der Waals surface area contributed by atoms with E-state index >= 15 is 0 Å². The molecule has 1 N–H and O–H groups in total. The van der Waals surface area contributed by atoms with Crippen LogP contribution in [0, 0.1) is 5.92 Å². The molecule has 0 amide bonds. The molecule has 0 aromatic heterocycles. The normalized spacial score (nSPS) is 13.9. The number of nitrogens with zero attached hydrogens (tertiary/aromatic N) is 1. The summed E-state index contributed by atoms with van der Waals surface area (Å²) in [5.74, 6) is 0.652. The number of hydrogen-bond acceptors (Lipinski definition) is 3. The minimum Gasteiger partial charge on any atom is -0.370 e. The largest absolute Gasteiger partial charge is 0.370 e. The van der Waals surface area contributed by atoms with Crippen molar-refractivity contribution in [3.8, 4) is 0 Å². The lowest BCUT2D eigenvalue weighted by molar-refractivity contribution is -0.0124. The lowest BCUT2D eigenvalue weighted by Crippen LogP contribution is -2.43. The van der Waals surface area contributed by atoms with E-state index in [4.69, 9.17) is 4.74 Å². The molecule has 120 valence electrons. The number of likely N-dealkylation sites (N-methyl/N-ethyl adjacent to an activating group) is 1. The van der Waals surface area contributed by atoms with Crippen LogP contribution in [0.5, 0.6) is 0 Å². The van der Waals surface area contributed by atoms with Gasteiger partial charge in [-0.15, -0.1) is 0 Å². The Balaban J connectivity index is 2.64. The van der Waals surface area contributed by atoms with Crippen molar-refractivity contribution < 1.29 is 4.74 Å². The number of benzene rings is 1. The Bertz CT molecular complexity index is 387. The van der Waals surface area contributed by atoms with Crippen LogP contribution in [0.3, 0.4) is 0 Å². The Kier molecular flexibility index (Phi) is 7.36. The zero-order chi connectivity index (χ0) is 15.9. The van der Waals surface area contributed by atoms with Gasteiger partial charge in [0.2, 0.25) is 0 Å². The maximum Gasteiger partial charge on any atom is 0.0950 e. The third kappa shape index (κ3) is 6.60. The van der Waals surface area contributed by atoms with Crippen LogP contribution in [0.15, 0.2) is 30.3 Å². The minimum atomic E-state index is 0.0328. The van der Waals surface area contributed by atoms with Gasteiger partial charge in [0.15, 0.2) is 0 Å². The SMILES string of the molecule is CC(C)CNCC(OCC(C)(C)N(C)C)c1ccccc1. The van der Waals surface area contributed by atoms with Gasteiger partial charge in [-0.25, -0.2) is 0 Å². The number of rotatable bonds is 9. The van der Waals surface area contributed by atoms with Gasteiger partial charge in [-0.2, -0.15) is 0 Å². The maximum atomic E-state index is 6.23. The van der Waals surface area contributed by atoms with Crippen molar-refractivity contribution >= 4 is 0 Å². The highest BCUT2D eigenvalue weighted by Gasteiger charge is 2.23. The molecular formula is C18H32N2O. The summed E-state index contributed by atoms with van der Waals surface area (Å²) in [7, 11) is 4.19. The summed E-state index contributed by atoms with van der Waals surface area (Å²) in [4.78, 5) is 2.20. The molecule has 0 aliphatic carbocycles. The van der Waals surface area contributed by atoms with E-state index in [9.17, 15) is 0 Å². The lowest BCUT2D eigenvalue weighted by Gasteiger charge is -2.34. The van der Waals surface area contributed by atoms with Crippen molar-refractivity contribution in [2.24, 2.45) is 5.92 Å². The summed E-state index contributed by atoms with van der Waals surface area (Å²) >= 11 is 0. The molecule has 0 aliphatic rings. The van der Waals surface area contributed by atoms with Crippen LogP contribution >= 0.6 is 0 Å². The minimum absolute atomic E-state index is 0.0328. The Morgan fingerprint density at radius 3 is 2.24 bits per heavy atom. The standard InChI is InChI=1S/C18H32N2O/c1-15(2)12-19-13-17(16-10-8-7-9-11-16)21-14-18(3,4)20(5)6/h7-11,15,17,19H,12-14H2,1-6H3. The molecule has 1 rings (SSSR count). The van der Waals surface area contributed by atoms with Gasteiger partial charge in [0.05, 0.1) is 12.7 Å². The molecule has 1 aromatic rings. The van der Waals surface area contributed by atoms with Gasteiger partial charge in [-0.05, 0) is 46.0 Å². The molecule has 0 fully saturated rings. The van der Waals surface area contributed by atoms with Gasteiger partial charge < -0.3 is 15.0 Å². The second kappa shape index (κ2) is 8.52. The van der Waals surface area contributed by atoms with E-state index < -0.39 is 0 Å². The zero-order valence-corrected chi connectivity index (χ0v) is 14.5. The smallest absolute Gasteiger partial charge is 0.0950 e. The van der Waals surface area contributed by atoms with Crippen molar-refractivity contribution in [3.63, 3.8) is 0 Å². The van der Waals surface area contributed by atoms with E-state index in [0.717, 1.165) is 13.1 Å². The molecule has 0 spiro atoms. The van der Waals surface area contributed by atoms with Crippen LogP contribution in [0.25, 0.3) is 0 Å². The molecule has 1 aromatic carbocycles. The van der Waals surface area contributed by atoms with Crippen molar-refractivity contribution in [2.75, 3.05) is 33.8 Å². The molecule has 1 atom stereocenters. The zero-order valence-electron chi connectivity index (χ0n) is 14.5. The second-order valence-corrected chi connectivity index (χ2v) is 6.97. The second-order valence-electron chi connectivity index (χ2n) is 6.97. The van der Waals surface area contributed by atoms with E-state index in [1.807, 2.05) is 6.07 Å². The van der Waals surface area contributed by atoms with E-state index in [0.29, 0.717) is 12.5 Å². The first-order chi connectivity index (χ1) is 9.83. The van der Waals surface area contributed by atoms with Crippen molar-refractivity contribution in [1.29, 1.82) is 0 Å². The van der Waals surface area contributed by atoms with Crippen LogP contribution in [-0.2, 0) is 4.74 Å². The monoisotopic (exact) mass is 292 g/mol. The summed E-state index contributed by atoms with van der Waals surface area (Å²) in [6, 6.07) is 10.5. The number of hydrogen-bond donors (Lipinski definition) is 1. The first-order valence-electron chi connectivity index (χ1n) is 7.87. The predicted molar refractivity (Wildman–Crippen MR) is 90.6 cm³/mol. The molecule has 0 saturated heterocycles. The van der Waals surface area contributed by atoms with Crippen molar-refractivity contribution in [1.82, 2.24) is 10.2 Å². The molecule has 0 radical (unpaired) electrons. The summed E-state index contributed by atoms with van der Waals surface area (Å²) in [6.07, 6.45) is 0.101. The highest BCUT2D eigenvalue weighted by atomic mass is 16.5.